The van der Waals surface area contributed by atoms with Crippen LogP contribution in [0.15, 0.2) is 18.2 Å². The monoisotopic (exact) mass is 307 g/mol. The van der Waals surface area contributed by atoms with Crippen molar-refractivity contribution in [1.29, 1.82) is 0 Å². The van der Waals surface area contributed by atoms with Crippen LogP contribution in [0.3, 0.4) is 0 Å². The fraction of sp³-hybridized carbons (Fsp3) is 0.533. The molecule has 114 valence electrons. The Morgan fingerprint density at radius 3 is 2.76 bits per heavy atom. The largest absolute Gasteiger partial charge is 0.398 e. The number of hydrogen-bond acceptors (Lipinski definition) is 4. The van der Waals surface area contributed by atoms with Gasteiger partial charge in [0.05, 0.1) is 6.04 Å². The van der Waals surface area contributed by atoms with Crippen molar-refractivity contribution in [3.63, 3.8) is 0 Å². The Balaban J connectivity index is 2.38. The molecule has 0 radical (unpaired) electrons. The lowest BCUT2D eigenvalue weighted by Gasteiger charge is -2.18. The highest BCUT2D eigenvalue weighted by molar-refractivity contribution is 6.31. The first-order valence-corrected chi connectivity index (χ1v) is 7.88. The molecule has 5 nitrogen and oxygen atoms in total. The Bertz CT molecular complexity index is 581. The van der Waals surface area contributed by atoms with Gasteiger partial charge in [-0.1, -0.05) is 44.7 Å². The molecule has 1 aromatic heterocycles. The summed E-state index contributed by atoms with van der Waals surface area (Å²) in [5.41, 5.74) is 7.49. The van der Waals surface area contributed by atoms with E-state index >= 15 is 0 Å². The number of benzene rings is 1. The molecule has 1 heterocycles. The number of nitrogen functional groups attached to an aromatic ring is 1. The quantitative estimate of drug-likeness (QED) is 0.782. The van der Waals surface area contributed by atoms with E-state index in [1.807, 2.05) is 10.7 Å². The molecule has 2 aromatic rings. The first-order chi connectivity index (χ1) is 10.2. The average molecular weight is 308 g/mol. The minimum absolute atomic E-state index is 0.304. The standard InChI is InChI=1S/C15H22ClN5/c1-3-5-7-12(6-4-2)21-15(18-19-20-21)13-10-11(16)8-9-14(13)17/h8-10,12H,3-7,17H2,1-2H3. The third-order valence-corrected chi connectivity index (χ3v) is 3.84. The molecule has 0 saturated carbocycles. The number of hydrogen-bond donors (Lipinski definition) is 1. The Hall–Kier alpha value is -1.62. The molecule has 0 bridgehead atoms. The van der Waals surface area contributed by atoms with Gasteiger partial charge in [-0.05, 0) is 41.5 Å². The Morgan fingerprint density at radius 1 is 1.24 bits per heavy atom. The maximum atomic E-state index is 6.08. The summed E-state index contributed by atoms with van der Waals surface area (Å²) < 4.78 is 1.90. The molecule has 6 heteroatoms. The van der Waals surface area contributed by atoms with E-state index in [9.17, 15) is 0 Å². The molecule has 1 unspecified atom stereocenters. The van der Waals surface area contributed by atoms with Crippen LogP contribution in [0.25, 0.3) is 11.4 Å². The highest BCUT2D eigenvalue weighted by atomic mass is 35.5. The zero-order valence-electron chi connectivity index (χ0n) is 12.6. The third-order valence-electron chi connectivity index (χ3n) is 3.61. The van der Waals surface area contributed by atoms with Gasteiger partial charge in [0.2, 0.25) is 0 Å². The second-order valence-electron chi connectivity index (χ2n) is 5.26. The Labute approximate surface area is 130 Å². The van der Waals surface area contributed by atoms with E-state index in [-0.39, 0.29) is 0 Å². The first-order valence-electron chi connectivity index (χ1n) is 7.50. The zero-order valence-corrected chi connectivity index (χ0v) is 13.3. The van der Waals surface area contributed by atoms with Crippen LogP contribution in [0.1, 0.15) is 52.0 Å². The summed E-state index contributed by atoms with van der Waals surface area (Å²) in [4.78, 5) is 0. The molecule has 0 aliphatic carbocycles. The van der Waals surface area contributed by atoms with Crippen molar-refractivity contribution in [3.8, 4) is 11.4 Å². The van der Waals surface area contributed by atoms with Crippen molar-refractivity contribution in [2.24, 2.45) is 0 Å². The van der Waals surface area contributed by atoms with Crippen LogP contribution in [0, 0.1) is 0 Å². The molecule has 0 aliphatic heterocycles. The maximum Gasteiger partial charge on any atom is 0.184 e. The van der Waals surface area contributed by atoms with Crippen LogP contribution in [0.4, 0.5) is 5.69 Å². The smallest absolute Gasteiger partial charge is 0.184 e. The highest BCUT2D eigenvalue weighted by Gasteiger charge is 2.19. The van der Waals surface area contributed by atoms with Gasteiger partial charge < -0.3 is 5.73 Å². The van der Waals surface area contributed by atoms with Gasteiger partial charge in [0, 0.05) is 16.3 Å². The normalized spacial score (nSPS) is 12.5. The Kier molecular flexibility index (Phi) is 5.56. The van der Waals surface area contributed by atoms with E-state index in [1.54, 1.807) is 12.1 Å². The first kappa shape index (κ1) is 15.8. The summed E-state index contributed by atoms with van der Waals surface area (Å²) in [5, 5.41) is 12.8. The summed E-state index contributed by atoms with van der Waals surface area (Å²) in [7, 11) is 0. The number of rotatable bonds is 7. The minimum Gasteiger partial charge on any atom is -0.398 e. The van der Waals surface area contributed by atoms with Gasteiger partial charge in [-0.2, -0.15) is 0 Å². The predicted octanol–water partition coefficient (Wildman–Crippen LogP) is 4.11. The molecule has 0 aliphatic rings. The summed E-state index contributed by atoms with van der Waals surface area (Å²) >= 11 is 6.08. The van der Waals surface area contributed by atoms with Gasteiger partial charge >= 0.3 is 0 Å². The molecule has 21 heavy (non-hydrogen) atoms. The van der Waals surface area contributed by atoms with Gasteiger partial charge in [-0.15, -0.1) is 5.10 Å². The van der Waals surface area contributed by atoms with Crippen molar-refractivity contribution in [3.05, 3.63) is 23.2 Å². The van der Waals surface area contributed by atoms with E-state index in [1.165, 1.54) is 0 Å². The summed E-state index contributed by atoms with van der Waals surface area (Å²) in [6.07, 6.45) is 5.55. The lowest BCUT2D eigenvalue weighted by molar-refractivity contribution is 0.380. The van der Waals surface area contributed by atoms with Crippen molar-refractivity contribution < 1.29 is 0 Å². The van der Waals surface area contributed by atoms with Crippen LogP contribution in [-0.2, 0) is 0 Å². The van der Waals surface area contributed by atoms with E-state index in [4.69, 9.17) is 17.3 Å². The van der Waals surface area contributed by atoms with Crippen molar-refractivity contribution in [2.75, 3.05) is 5.73 Å². The highest BCUT2D eigenvalue weighted by Crippen LogP contribution is 2.30. The van der Waals surface area contributed by atoms with Crippen molar-refractivity contribution >= 4 is 17.3 Å². The van der Waals surface area contributed by atoms with E-state index in [2.05, 4.69) is 29.4 Å². The second-order valence-corrected chi connectivity index (χ2v) is 5.70. The molecular weight excluding hydrogens is 286 g/mol. The number of nitrogens with two attached hydrogens (primary N) is 1. The van der Waals surface area contributed by atoms with Gasteiger partial charge in [0.1, 0.15) is 0 Å². The molecule has 1 atom stereocenters. The van der Waals surface area contributed by atoms with Crippen molar-refractivity contribution in [2.45, 2.75) is 52.0 Å². The van der Waals surface area contributed by atoms with E-state index < -0.39 is 0 Å². The predicted molar refractivity (Wildman–Crippen MR) is 86.1 cm³/mol. The number of aromatic nitrogens is 4. The second kappa shape index (κ2) is 7.41. The number of anilines is 1. The number of unbranched alkanes of at least 4 members (excludes halogenated alkanes) is 1. The van der Waals surface area contributed by atoms with Crippen LogP contribution in [0.2, 0.25) is 5.02 Å². The lowest BCUT2D eigenvalue weighted by Crippen LogP contribution is -2.13. The van der Waals surface area contributed by atoms with Gasteiger partial charge in [0.25, 0.3) is 0 Å². The van der Waals surface area contributed by atoms with Crippen LogP contribution >= 0.6 is 11.6 Å². The molecule has 1 aromatic carbocycles. The molecule has 0 amide bonds. The summed E-state index contributed by atoms with van der Waals surface area (Å²) in [6, 6.07) is 5.69. The number of nitrogens with zero attached hydrogens (tertiary/aromatic N) is 4. The molecule has 0 fully saturated rings. The molecule has 0 spiro atoms. The lowest BCUT2D eigenvalue weighted by atomic mass is 10.0. The summed E-state index contributed by atoms with van der Waals surface area (Å²) in [5.74, 6) is 0.699. The number of tetrazole rings is 1. The Morgan fingerprint density at radius 2 is 2.05 bits per heavy atom. The molecular formula is C15H22ClN5. The average Bonchev–Trinajstić information content (AvgIpc) is 2.95. The van der Waals surface area contributed by atoms with Crippen LogP contribution < -0.4 is 5.73 Å². The third kappa shape index (κ3) is 3.73. The number of halogens is 1. The molecule has 2 N–H and O–H groups in total. The fourth-order valence-corrected chi connectivity index (χ4v) is 2.67. The van der Waals surface area contributed by atoms with Crippen LogP contribution in [-0.4, -0.2) is 20.2 Å². The SMILES string of the molecule is CCCCC(CCC)n1nnnc1-c1cc(Cl)ccc1N. The van der Waals surface area contributed by atoms with Crippen LogP contribution in [0.5, 0.6) is 0 Å². The van der Waals surface area contributed by atoms with Gasteiger partial charge in [-0.25, -0.2) is 4.68 Å². The van der Waals surface area contributed by atoms with Gasteiger partial charge in [-0.3, -0.25) is 0 Å². The van der Waals surface area contributed by atoms with Crippen molar-refractivity contribution in [1.82, 2.24) is 20.2 Å². The minimum atomic E-state index is 0.304. The van der Waals surface area contributed by atoms with E-state index in [0.29, 0.717) is 22.6 Å². The molecule has 0 saturated heterocycles. The molecule has 2 rings (SSSR count). The zero-order chi connectivity index (χ0) is 15.2. The van der Waals surface area contributed by atoms with Gasteiger partial charge in [0.15, 0.2) is 5.82 Å². The summed E-state index contributed by atoms with van der Waals surface area (Å²) in [6.45, 7) is 4.37. The fourth-order valence-electron chi connectivity index (χ4n) is 2.50. The van der Waals surface area contributed by atoms with E-state index in [0.717, 1.165) is 37.7 Å². The maximum absolute atomic E-state index is 6.08. The topological polar surface area (TPSA) is 69.6 Å².